The Labute approximate surface area is 172 Å². The molecule has 1 atom stereocenters. The Balaban J connectivity index is 1.72. The van der Waals surface area contributed by atoms with Crippen molar-refractivity contribution in [3.05, 3.63) is 102 Å². The fourth-order valence-electron chi connectivity index (χ4n) is 3.21. The van der Waals surface area contributed by atoms with Gasteiger partial charge in [0.2, 0.25) is 10.0 Å². The lowest BCUT2D eigenvalue weighted by Gasteiger charge is -2.25. The van der Waals surface area contributed by atoms with Crippen LogP contribution in [-0.2, 0) is 23.1 Å². The Morgan fingerprint density at radius 1 is 0.828 bits per heavy atom. The van der Waals surface area contributed by atoms with Crippen molar-refractivity contribution in [3.63, 3.8) is 0 Å². The van der Waals surface area contributed by atoms with Crippen LogP contribution in [0.4, 0.5) is 5.69 Å². The van der Waals surface area contributed by atoms with E-state index in [1.807, 2.05) is 36.4 Å². The molecule has 152 valence electrons. The zero-order valence-corrected chi connectivity index (χ0v) is 17.2. The van der Waals surface area contributed by atoms with Crippen LogP contribution < -0.4 is 4.72 Å². The first-order valence-electron chi connectivity index (χ1n) is 9.45. The largest absolute Gasteiger partial charge is 0.387 e. The number of hydrogen-bond donors (Lipinski definition) is 2. The van der Waals surface area contributed by atoms with Gasteiger partial charge in [0.1, 0.15) is 0 Å². The average Bonchev–Trinajstić information content (AvgIpc) is 2.69. The van der Waals surface area contributed by atoms with Crippen LogP contribution in [0.15, 0.2) is 84.9 Å². The van der Waals surface area contributed by atoms with Gasteiger partial charge in [-0.1, -0.05) is 72.8 Å². The van der Waals surface area contributed by atoms with Gasteiger partial charge in [0.05, 0.1) is 12.4 Å². The van der Waals surface area contributed by atoms with Gasteiger partial charge in [0.25, 0.3) is 0 Å². The van der Waals surface area contributed by atoms with E-state index >= 15 is 0 Å². The number of sulfonamides is 1. The highest BCUT2D eigenvalue weighted by atomic mass is 32.2. The highest BCUT2D eigenvalue weighted by Gasteiger charge is 2.15. The summed E-state index contributed by atoms with van der Waals surface area (Å²) < 4.78 is 25.1. The Bertz CT molecular complexity index is 950. The molecule has 0 aromatic heterocycles. The number of anilines is 1. The predicted molar refractivity (Wildman–Crippen MR) is 117 cm³/mol. The van der Waals surface area contributed by atoms with Gasteiger partial charge in [0, 0.05) is 25.3 Å². The summed E-state index contributed by atoms with van der Waals surface area (Å²) in [5.74, 6) is 0. The Morgan fingerprint density at radius 2 is 1.31 bits per heavy atom. The van der Waals surface area contributed by atoms with E-state index in [1.165, 1.54) is 11.1 Å². The van der Waals surface area contributed by atoms with Gasteiger partial charge in [-0.05, 0) is 28.8 Å². The Morgan fingerprint density at radius 3 is 1.76 bits per heavy atom. The molecular weight excluding hydrogens is 384 g/mol. The van der Waals surface area contributed by atoms with Crippen LogP contribution in [0.5, 0.6) is 0 Å². The van der Waals surface area contributed by atoms with Crippen molar-refractivity contribution in [2.45, 2.75) is 19.2 Å². The number of nitrogens with one attached hydrogen (secondary N) is 1. The highest BCUT2D eigenvalue weighted by molar-refractivity contribution is 7.92. The summed E-state index contributed by atoms with van der Waals surface area (Å²) in [7, 11) is -3.32. The van der Waals surface area contributed by atoms with Crippen LogP contribution >= 0.6 is 0 Å². The molecule has 6 heteroatoms. The SMILES string of the molecule is CS(=O)(=O)Nc1ccc([C@@H](O)CN(Cc2ccccc2)Cc2ccccc2)cc1. The van der Waals surface area contributed by atoms with Crippen LogP contribution in [0, 0.1) is 0 Å². The third-order valence-electron chi connectivity index (χ3n) is 4.53. The fourth-order valence-corrected chi connectivity index (χ4v) is 3.77. The molecule has 5 nitrogen and oxygen atoms in total. The van der Waals surface area contributed by atoms with Gasteiger partial charge in [-0.3, -0.25) is 9.62 Å². The molecule has 0 aliphatic rings. The third-order valence-corrected chi connectivity index (χ3v) is 5.13. The molecule has 3 aromatic carbocycles. The standard InChI is InChI=1S/C23H26N2O3S/c1-29(27,28)24-22-14-12-21(13-15-22)23(26)18-25(16-19-8-4-2-5-9-19)17-20-10-6-3-7-11-20/h2-15,23-24,26H,16-18H2,1H3/t23-/m0/s1. The molecule has 0 aliphatic carbocycles. The monoisotopic (exact) mass is 410 g/mol. The summed E-state index contributed by atoms with van der Waals surface area (Å²) in [6, 6.07) is 27.2. The summed E-state index contributed by atoms with van der Waals surface area (Å²) in [5, 5.41) is 10.8. The van der Waals surface area contributed by atoms with Crippen LogP contribution in [0.3, 0.4) is 0 Å². The molecule has 0 unspecified atom stereocenters. The van der Waals surface area contributed by atoms with Crippen LogP contribution in [0.2, 0.25) is 0 Å². The lowest BCUT2D eigenvalue weighted by atomic mass is 10.1. The van der Waals surface area contributed by atoms with Gasteiger partial charge < -0.3 is 5.11 Å². The summed E-state index contributed by atoms with van der Waals surface area (Å²) in [6.07, 6.45) is 0.426. The number of rotatable bonds is 9. The topological polar surface area (TPSA) is 69.6 Å². The second kappa shape index (κ2) is 9.69. The number of benzene rings is 3. The maximum Gasteiger partial charge on any atom is 0.229 e. The van der Waals surface area contributed by atoms with Crippen molar-refractivity contribution in [1.82, 2.24) is 4.90 Å². The zero-order chi connectivity index (χ0) is 20.7. The fraction of sp³-hybridized carbons (Fsp3) is 0.217. The lowest BCUT2D eigenvalue weighted by Crippen LogP contribution is -2.28. The van der Waals surface area contributed by atoms with Gasteiger partial charge in [-0.25, -0.2) is 8.42 Å². The number of hydrogen-bond acceptors (Lipinski definition) is 4. The van der Waals surface area contributed by atoms with Gasteiger partial charge in [0.15, 0.2) is 0 Å². The maximum atomic E-state index is 11.3. The highest BCUT2D eigenvalue weighted by Crippen LogP contribution is 2.20. The first-order chi connectivity index (χ1) is 13.9. The van der Waals surface area contributed by atoms with E-state index in [9.17, 15) is 13.5 Å². The number of aliphatic hydroxyl groups excluding tert-OH is 1. The minimum Gasteiger partial charge on any atom is -0.387 e. The van der Waals surface area contributed by atoms with Crippen molar-refractivity contribution in [2.75, 3.05) is 17.5 Å². The average molecular weight is 411 g/mol. The van der Waals surface area contributed by atoms with Gasteiger partial charge >= 0.3 is 0 Å². The minimum absolute atomic E-state index is 0.461. The molecule has 0 heterocycles. The maximum absolute atomic E-state index is 11.3. The van der Waals surface area contributed by atoms with Crippen LogP contribution in [0.1, 0.15) is 22.8 Å². The van der Waals surface area contributed by atoms with E-state index < -0.39 is 16.1 Å². The molecule has 0 fully saturated rings. The quantitative estimate of drug-likeness (QED) is 0.563. The molecule has 2 N–H and O–H groups in total. The predicted octanol–water partition coefficient (Wildman–Crippen LogP) is 3.79. The molecule has 0 aliphatic heterocycles. The first kappa shape index (κ1) is 21.0. The molecule has 0 spiro atoms. The van der Waals surface area contributed by atoms with Crippen molar-refractivity contribution >= 4 is 15.7 Å². The van der Waals surface area contributed by atoms with Crippen molar-refractivity contribution in [1.29, 1.82) is 0 Å². The molecule has 0 amide bonds. The van der Waals surface area contributed by atoms with Crippen LogP contribution in [0.25, 0.3) is 0 Å². The van der Waals surface area contributed by atoms with E-state index in [0.29, 0.717) is 12.2 Å². The molecule has 3 aromatic rings. The zero-order valence-electron chi connectivity index (χ0n) is 16.4. The van der Waals surface area contributed by atoms with E-state index in [-0.39, 0.29) is 0 Å². The number of aliphatic hydroxyl groups is 1. The summed E-state index contributed by atoms with van der Waals surface area (Å²) in [4.78, 5) is 2.21. The van der Waals surface area contributed by atoms with E-state index in [4.69, 9.17) is 0 Å². The molecule has 0 saturated heterocycles. The summed E-state index contributed by atoms with van der Waals surface area (Å²) >= 11 is 0. The van der Waals surface area contributed by atoms with E-state index in [0.717, 1.165) is 24.9 Å². The van der Waals surface area contributed by atoms with Crippen molar-refractivity contribution in [2.24, 2.45) is 0 Å². The van der Waals surface area contributed by atoms with Crippen molar-refractivity contribution in [3.8, 4) is 0 Å². The van der Waals surface area contributed by atoms with Gasteiger partial charge in [-0.15, -0.1) is 0 Å². The van der Waals surface area contributed by atoms with Gasteiger partial charge in [-0.2, -0.15) is 0 Å². The molecule has 0 saturated carbocycles. The third kappa shape index (κ3) is 7.02. The molecular formula is C23H26N2O3S. The second-order valence-electron chi connectivity index (χ2n) is 7.15. The van der Waals surface area contributed by atoms with E-state index in [2.05, 4.69) is 33.9 Å². The first-order valence-corrected chi connectivity index (χ1v) is 11.3. The smallest absolute Gasteiger partial charge is 0.229 e. The lowest BCUT2D eigenvalue weighted by molar-refractivity contribution is 0.105. The minimum atomic E-state index is -3.32. The van der Waals surface area contributed by atoms with E-state index in [1.54, 1.807) is 24.3 Å². The Kier molecular flexibility index (Phi) is 7.04. The summed E-state index contributed by atoms with van der Waals surface area (Å²) in [5.41, 5.74) is 3.59. The second-order valence-corrected chi connectivity index (χ2v) is 8.90. The van der Waals surface area contributed by atoms with Crippen LogP contribution in [-0.4, -0.2) is 31.2 Å². The van der Waals surface area contributed by atoms with Crippen molar-refractivity contribution < 1.29 is 13.5 Å². The normalized spacial score (nSPS) is 12.7. The summed E-state index contributed by atoms with van der Waals surface area (Å²) in [6.45, 7) is 1.91. The molecule has 0 radical (unpaired) electrons. The molecule has 0 bridgehead atoms. The number of nitrogens with zero attached hydrogens (tertiary/aromatic N) is 1. The Hall–Kier alpha value is -2.67. The molecule has 29 heavy (non-hydrogen) atoms. The molecule has 3 rings (SSSR count).